The van der Waals surface area contributed by atoms with E-state index >= 15 is 0 Å². The summed E-state index contributed by atoms with van der Waals surface area (Å²) >= 11 is 4.52. The van der Waals surface area contributed by atoms with E-state index in [1.807, 2.05) is 0 Å². The van der Waals surface area contributed by atoms with E-state index in [1.54, 1.807) is 0 Å². The SMILES string of the molecule is C=C1NC(N)=Nc2c1ncn2[C@@H]1O[C@H](CO[P@@](O)(=S)OP(=O)(O)OP(=O)(O)O)[C@@H](O)[C@@]1(C)O. The summed E-state index contributed by atoms with van der Waals surface area (Å²) in [4.78, 5) is 44.6. The average molecular weight is 551 g/mol. The summed E-state index contributed by atoms with van der Waals surface area (Å²) in [6.45, 7) is -0.421. The first-order valence-corrected chi connectivity index (χ1v) is 14.2. The summed E-state index contributed by atoms with van der Waals surface area (Å²) in [5.74, 6) is 0.165. The summed E-state index contributed by atoms with van der Waals surface area (Å²) in [6, 6.07) is 0. The van der Waals surface area contributed by atoms with Gasteiger partial charge >= 0.3 is 22.4 Å². The van der Waals surface area contributed by atoms with Crippen molar-refractivity contribution in [3.8, 4) is 0 Å². The van der Waals surface area contributed by atoms with Crippen LogP contribution >= 0.6 is 22.4 Å². The zero-order valence-corrected chi connectivity index (χ0v) is 20.0. The molecule has 0 bridgehead atoms. The Balaban J connectivity index is 1.75. The number of nitrogens with two attached hydrogens (primary N) is 1. The Kier molecular flexibility index (Phi) is 7.12. The number of hydrogen-bond acceptors (Lipinski definition) is 13. The molecule has 33 heavy (non-hydrogen) atoms. The maximum atomic E-state index is 11.6. The van der Waals surface area contributed by atoms with Crippen LogP contribution < -0.4 is 11.1 Å². The topological polar surface area (TPSA) is 261 Å². The van der Waals surface area contributed by atoms with Crippen molar-refractivity contribution in [1.29, 1.82) is 0 Å². The summed E-state index contributed by atoms with van der Waals surface area (Å²) < 4.78 is 41.7. The molecule has 1 unspecified atom stereocenters. The van der Waals surface area contributed by atoms with E-state index in [0.717, 1.165) is 0 Å². The van der Waals surface area contributed by atoms with Crippen LogP contribution in [0.3, 0.4) is 0 Å². The fourth-order valence-corrected chi connectivity index (χ4v) is 7.03. The molecule has 6 atom stereocenters. The van der Waals surface area contributed by atoms with E-state index in [-0.39, 0.29) is 11.8 Å². The smallest absolute Gasteiger partial charge is 0.387 e. The van der Waals surface area contributed by atoms with Crippen LogP contribution in [0.4, 0.5) is 5.82 Å². The quantitative estimate of drug-likeness (QED) is 0.178. The van der Waals surface area contributed by atoms with Crippen LogP contribution in [-0.4, -0.2) is 69.7 Å². The number of aliphatic imine (C=N–C) groups is 1. The third-order valence-electron chi connectivity index (χ3n) is 4.38. The lowest BCUT2D eigenvalue weighted by Gasteiger charge is -2.28. The van der Waals surface area contributed by atoms with Crippen molar-refractivity contribution in [3.63, 3.8) is 0 Å². The number of nitrogens with zero attached hydrogens (tertiary/aromatic N) is 3. The van der Waals surface area contributed by atoms with E-state index < -0.39 is 53.0 Å². The molecule has 0 radical (unpaired) electrons. The number of imidazole rings is 1. The largest absolute Gasteiger partial charge is 0.488 e. The van der Waals surface area contributed by atoms with Gasteiger partial charge in [0.15, 0.2) is 18.0 Å². The predicted octanol–water partition coefficient (Wildman–Crippen LogP) is -1.13. The maximum Gasteiger partial charge on any atom is 0.488 e. The van der Waals surface area contributed by atoms with Gasteiger partial charge in [0.05, 0.1) is 18.6 Å². The molecule has 0 spiro atoms. The molecule has 1 aromatic rings. The van der Waals surface area contributed by atoms with Gasteiger partial charge in [0.2, 0.25) is 0 Å². The van der Waals surface area contributed by atoms with E-state index in [4.69, 9.17) is 24.8 Å². The average Bonchev–Trinajstić information content (AvgIpc) is 3.10. The van der Waals surface area contributed by atoms with Gasteiger partial charge in [0, 0.05) is 0 Å². The van der Waals surface area contributed by atoms with Crippen molar-refractivity contribution >= 4 is 51.6 Å². The number of ether oxygens (including phenoxy) is 1. The number of guanidine groups is 1. The number of aliphatic hydroxyl groups is 2. The van der Waals surface area contributed by atoms with Gasteiger partial charge < -0.3 is 50.1 Å². The van der Waals surface area contributed by atoms with Crippen molar-refractivity contribution in [2.24, 2.45) is 10.7 Å². The van der Waals surface area contributed by atoms with Gasteiger partial charge in [-0.15, -0.1) is 0 Å². The molecule has 3 rings (SSSR count). The minimum Gasteiger partial charge on any atom is -0.387 e. The number of phosphoric acid groups is 2. The Morgan fingerprint density at radius 2 is 2.00 bits per heavy atom. The van der Waals surface area contributed by atoms with E-state index in [0.29, 0.717) is 11.4 Å². The molecule has 2 aliphatic rings. The highest BCUT2D eigenvalue weighted by Crippen LogP contribution is 2.66. The molecule has 21 heteroatoms. The number of aromatic nitrogens is 2. The molecule has 9 N–H and O–H groups in total. The molecular formula is C12H20N5O12P3S. The Morgan fingerprint density at radius 3 is 2.61 bits per heavy atom. The Hall–Kier alpha value is -1.07. The molecule has 1 fully saturated rings. The third-order valence-corrected chi connectivity index (χ3v) is 9.10. The molecule has 1 saturated heterocycles. The van der Waals surface area contributed by atoms with Crippen LogP contribution in [-0.2, 0) is 38.8 Å². The Bertz CT molecular complexity index is 1130. The van der Waals surface area contributed by atoms with Gasteiger partial charge in [-0.05, 0) is 18.7 Å². The summed E-state index contributed by atoms with van der Waals surface area (Å²) in [6.07, 6.45) is -3.04. The van der Waals surface area contributed by atoms with Crippen LogP contribution in [0.1, 0.15) is 18.8 Å². The van der Waals surface area contributed by atoms with Gasteiger partial charge in [-0.1, -0.05) is 6.58 Å². The number of hydrogen-bond donors (Lipinski definition) is 8. The lowest BCUT2D eigenvalue weighted by atomic mass is 9.96. The number of rotatable bonds is 8. The molecular weight excluding hydrogens is 531 g/mol. The maximum absolute atomic E-state index is 11.6. The lowest BCUT2D eigenvalue weighted by molar-refractivity contribution is -0.0956. The molecule has 0 saturated carbocycles. The van der Waals surface area contributed by atoms with Crippen LogP contribution in [0, 0.1) is 0 Å². The van der Waals surface area contributed by atoms with E-state index in [1.165, 1.54) is 17.8 Å². The highest BCUT2D eigenvalue weighted by molar-refractivity contribution is 8.08. The zero-order chi connectivity index (χ0) is 25.0. The Labute approximate surface area is 190 Å². The minimum atomic E-state index is -5.51. The first kappa shape index (κ1) is 26.5. The van der Waals surface area contributed by atoms with Gasteiger partial charge in [-0.3, -0.25) is 4.57 Å². The number of nitrogens with one attached hydrogen (secondary N) is 1. The monoisotopic (exact) mass is 551 g/mol. The van der Waals surface area contributed by atoms with Gasteiger partial charge in [-0.25, -0.2) is 18.4 Å². The summed E-state index contributed by atoms with van der Waals surface area (Å²) in [7, 11) is -11.0. The van der Waals surface area contributed by atoms with Gasteiger partial charge in [-0.2, -0.15) is 9.30 Å². The first-order chi connectivity index (χ1) is 14.9. The van der Waals surface area contributed by atoms with Crippen molar-refractivity contribution in [1.82, 2.24) is 14.9 Å². The van der Waals surface area contributed by atoms with Crippen molar-refractivity contribution in [2.75, 3.05) is 6.61 Å². The minimum absolute atomic E-state index is 0.00333. The van der Waals surface area contributed by atoms with Crippen LogP contribution in [0.25, 0.3) is 5.70 Å². The second-order valence-electron chi connectivity index (χ2n) is 7.01. The predicted molar refractivity (Wildman–Crippen MR) is 113 cm³/mol. The fourth-order valence-electron chi connectivity index (χ4n) is 3.05. The third kappa shape index (κ3) is 5.96. The summed E-state index contributed by atoms with van der Waals surface area (Å²) in [5.41, 5.74) is 4.36. The Morgan fingerprint density at radius 1 is 1.36 bits per heavy atom. The molecule has 3 heterocycles. The van der Waals surface area contributed by atoms with Gasteiger partial charge in [0.1, 0.15) is 23.5 Å². The first-order valence-electron chi connectivity index (χ1n) is 8.63. The van der Waals surface area contributed by atoms with Gasteiger partial charge in [0.25, 0.3) is 0 Å². The molecule has 0 aliphatic carbocycles. The van der Waals surface area contributed by atoms with Crippen LogP contribution in [0.15, 0.2) is 17.9 Å². The van der Waals surface area contributed by atoms with E-state index in [2.05, 4.69) is 42.3 Å². The number of fused-ring (bicyclic) bond motifs is 1. The molecule has 17 nitrogen and oxygen atoms in total. The molecule has 1 aromatic heterocycles. The molecule has 2 aliphatic heterocycles. The van der Waals surface area contributed by atoms with Crippen molar-refractivity contribution < 1.29 is 56.8 Å². The van der Waals surface area contributed by atoms with Crippen LogP contribution in [0.2, 0.25) is 0 Å². The highest BCUT2D eigenvalue weighted by Gasteiger charge is 2.54. The van der Waals surface area contributed by atoms with Crippen LogP contribution in [0.5, 0.6) is 0 Å². The summed E-state index contributed by atoms with van der Waals surface area (Å²) in [5, 5.41) is 24.0. The second kappa shape index (κ2) is 8.86. The fraction of sp³-hybridized carbons (Fsp3) is 0.500. The molecule has 0 aromatic carbocycles. The standard InChI is InChI=1S/C12H20N5O12P3S/c1-5-7-9(16-11(13)15-5)17(4-14-7)10-12(2,19)8(18)6(27-10)3-26-32(25,33)29-31(23,24)28-30(20,21)22/h4,6,8,10,18-19H,1,3H2,2H3,(H,23,24)(H,25,33)(H3,13,15,16)(H2,20,21,22)/t6-,8-,10-,12-,32-/m1/s1. The van der Waals surface area contributed by atoms with Crippen molar-refractivity contribution in [3.05, 3.63) is 18.6 Å². The molecule has 0 amide bonds. The van der Waals surface area contributed by atoms with Crippen molar-refractivity contribution in [2.45, 2.75) is 31.0 Å². The second-order valence-corrected chi connectivity index (χ2v) is 12.8. The lowest BCUT2D eigenvalue weighted by Crippen LogP contribution is -2.44. The van der Waals surface area contributed by atoms with E-state index in [9.17, 15) is 29.1 Å². The molecule has 186 valence electrons. The number of aliphatic hydroxyl groups excluding tert-OH is 1. The zero-order valence-electron chi connectivity index (χ0n) is 16.5. The normalized spacial score (nSPS) is 31.3. The highest BCUT2D eigenvalue weighted by atomic mass is 32.5.